The molecule has 0 fully saturated rings. The molecule has 0 bridgehead atoms. The summed E-state index contributed by atoms with van der Waals surface area (Å²) in [5.74, 6) is -1.45. The smallest absolute Gasteiger partial charge is 0.335 e. The molecule has 21 heavy (non-hydrogen) atoms. The first kappa shape index (κ1) is 14.8. The highest BCUT2D eigenvalue weighted by molar-refractivity contribution is 5.92. The number of nitrogens with one attached hydrogen (secondary N) is 2. The molecule has 0 spiro atoms. The SMILES string of the molecule is COCCNC(=O)Cn1c(=O)[nH]c2ccc(C(=O)O)cc21. The lowest BCUT2D eigenvalue weighted by atomic mass is 10.2. The van der Waals surface area contributed by atoms with Crippen molar-refractivity contribution in [2.75, 3.05) is 20.3 Å². The van der Waals surface area contributed by atoms with Crippen LogP contribution in [0.4, 0.5) is 0 Å². The number of carbonyl (C=O) groups is 2. The molecular weight excluding hydrogens is 278 g/mol. The second-order valence-electron chi connectivity index (χ2n) is 4.40. The van der Waals surface area contributed by atoms with E-state index in [1.165, 1.54) is 29.9 Å². The molecule has 8 heteroatoms. The summed E-state index contributed by atoms with van der Waals surface area (Å²) >= 11 is 0. The predicted molar refractivity (Wildman–Crippen MR) is 74.4 cm³/mol. The number of rotatable bonds is 6. The van der Waals surface area contributed by atoms with Crippen molar-refractivity contribution in [3.63, 3.8) is 0 Å². The summed E-state index contributed by atoms with van der Waals surface area (Å²) in [4.78, 5) is 37.1. The molecule has 0 aliphatic carbocycles. The molecule has 0 unspecified atom stereocenters. The Labute approximate surface area is 119 Å². The zero-order valence-electron chi connectivity index (χ0n) is 11.4. The highest BCUT2D eigenvalue weighted by atomic mass is 16.5. The predicted octanol–water partition coefficient (Wildman–Crippen LogP) is -0.210. The van der Waals surface area contributed by atoms with E-state index in [4.69, 9.17) is 9.84 Å². The van der Waals surface area contributed by atoms with Crippen molar-refractivity contribution in [2.24, 2.45) is 0 Å². The number of imidazole rings is 1. The lowest BCUT2D eigenvalue weighted by molar-refractivity contribution is -0.121. The van der Waals surface area contributed by atoms with Gasteiger partial charge >= 0.3 is 11.7 Å². The molecule has 1 amide bonds. The maximum absolute atomic E-state index is 11.8. The first-order chi connectivity index (χ1) is 10.0. The van der Waals surface area contributed by atoms with E-state index in [1.54, 1.807) is 0 Å². The van der Waals surface area contributed by atoms with Crippen LogP contribution in [0.2, 0.25) is 0 Å². The molecule has 0 aliphatic rings. The Bertz CT molecular complexity index is 731. The maximum Gasteiger partial charge on any atom is 0.335 e. The lowest BCUT2D eigenvalue weighted by Crippen LogP contribution is -2.33. The van der Waals surface area contributed by atoms with Crippen LogP contribution < -0.4 is 11.0 Å². The van der Waals surface area contributed by atoms with Crippen molar-refractivity contribution in [1.82, 2.24) is 14.9 Å². The van der Waals surface area contributed by atoms with Gasteiger partial charge in [0.1, 0.15) is 6.54 Å². The van der Waals surface area contributed by atoms with E-state index in [0.717, 1.165) is 0 Å². The summed E-state index contributed by atoms with van der Waals surface area (Å²) in [6, 6.07) is 4.25. The van der Waals surface area contributed by atoms with Crippen LogP contribution >= 0.6 is 0 Å². The van der Waals surface area contributed by atoms with Crippen LogP contribution in [-0.4, -0.2) is 46.8 Å². The quantitative estimate of drug-likeness (QED) is 0.638. The van der Waals surface area contributed by atoms with Crippen LogP contribution in [0, 0.1) is 0 Å². The van der Waals surface area contributed by atoms with Crippen LogP contribution in [0.3, 0.4) is 0 Å². The molecule has 1 aromatic heterocycles. The lowest BCUT2D eigenvalue weighted by Gasteiger charge is -2.06. The number of aromatic nitrogens is 2. The third-order valence-corrected chi connectivity index (χ3v) is 2.95. The third kappa shape index (κ3) is 3.29. The fraction of sp³-hybridized carbons (Fsp3) is 0.308. The van der Waals surface area contributed by atoms with Crippen molar-refractivity contribution in [3.05, 3.63) is 34.2 Å². The average molecular weight is 293 g/mol. The number of carbonyl (C=O) groups excluding carboxylic acids is 1. The van der Waals surface area contributed by atoms with Gasteiger partial charge in [-0.05, 0) is 18.2 Å². The van der Waals surface area contributed by atoms with Crippen molar-refractivity contribution in [2.45, 2.75) is 6.54 Å². The van der Waals surface area contributed by atoms with Gasteiger partial charge in [-0.2, -0.15) is 0 Å². The summed E-state index contributed by atoms with van der Waals surface area (Å²) in [5, 5.41) is 11.6. The molecule has 1 aromatic carbocycles. The maximum atomic E-state index is 11.8. The zero-order chi connectivity index (χ0) is 15.4. The second-order valence-corrected chi connectivity index (χ2v) is 4.40. The van der Waals surface area contributed by atoms with Crippen LogP contribution in [0.25, 0.3) is 11.0 Å². The minimum atomic E-state index is -1.10. The zero-order valence-corrected chi connectivity index (χ0v) is 11.4. The van der Waals surface area contributed by atoms with Crippen LogP contribution in [0.5, 0.6) is 0 Å². The number of ether oxygens (including phenoxy) is 1. The average Bonchev–Trinajstić information content (AvgIpc) is 2.74. The van der Waals surface area contributed by atoms with Gasteiger partial charge < -0.3 is 20.1 Å². The van der Waals surface area contributed by atoms with E-state index in [1.807, 2.05) is 0 Å². The third-order valence-electron chi connectivity index (χ3n) is 2.95. The molecular formula is C13H15N3O5. The molecule has 2 aromatic rings. The van der Waals surface area contributed by atoms with Crippen LogP contribution in [0.1, 0.15) is 10.4 Å². The molecule has 2 rings (SSSR count). The summed E-state index contributed by atoms with van der Waals surface area (Å²) < 4.78 is 6.01. The second kappa shape index (κ2) is 6.23. The number of methoxy groups -OCH3 is 1. The Morgan fingerprint density at radius 3 is 2.86 bits per heavy atom. The van der Waals surface area contributed by atoms with Crippen molar-refractivity contribution in [1.29, 1.82) is 0 Å². The summed E-state index contributed by atoms with van der Waals surface area (Å²) in [6.07, 6.45) is 0. The normalized spacial score (nSPS) is 10.7. The monoisotopic (exact) mass is 293 g/mol. The van der Waals surface area contributed by atoms with Gasteiger partial charge in [0.2, 0.25) is 5.91 Å². The minimum absolute atomic E-state index is 0.0510. The van der Waals surface area contributed by atoms with Crippen LogP contribution in [0.15, 0.2) is 23.0 Å². The summed E-state index contributed by atoms with van der Waals surface area (Å²) in [5.41, 5.74) is 0.445. The van der Waals surface area contributed by atoms with Gasteiger partial charge in [-0.15, -0.1) is 0 Å². The van der Waals surface area contributed by atoms with E-state index in [2.05, 4.69) is 10.3 Å². The van der Waals surface area contributed by atoms with Crippen molar-refractivity contribution < 1.29 is 19.4 Å². The van der Waals surface area contributed by atoms with Gasteiger partial charge in [-0.3, -0.25) is 9.36 Å². The van der Waals surface area contributed by atoms with Gasteiger partial charge in [0.05, 0.1) is 23.2 Å². The molecule has 0 radical (unpaired) electrons. The number of fused-ring (bicyclic) bond motifs is 1. The number of nitrogens with zero attached hydrogens (tertiary/aromatic N) is 1. The number of H-pyrrole nitrogens is 1. The highest BCUT2D eigenvalue weighted by Crippen LogP contribution is 2.13. The Kier molecular flexibility index (Phi) is 4.39. The van der Waals surface area contributed by atoms with Gasteiger partial charge in [-0.25, -0.2) is 9.59 Å². The van der Waals surface area contributed by atoms with E-state index in [0.29, 0.717) is 24.2 Å². The Morgan fingerprint density at radius 2 is 2.19 bits per heavy atom. The molecule has 1 heterocycles. The van der Waals surface area contributed by atoms with Gasteiger partial charge in [0.25, 0.3) is 0 Å². The fourth-order valence-corrected chi connectivity index (χ4v) is 1.93. The van der Waals surface area contributed by atoms with E-state index < -0.39 is 11.7 Å². The van der Waals surface area contributed by atoms with Crippen molar-refractivity contribution in [3.8, 4) is 0 Å². The molecule has 8 nitrogen and oxygen atoms in total. The summed E-state index contributed by atoms with van der Waals surface area (Å²) in [7, 11) is 1.52. The van der Waals surface area contributed by atoms with Gasteiger partial charge in [0, 0.05) is 13.7 Å². The molecule has 0 saturated carbocycles. The largest absolute Gasteiger partial charge is 0.478 e. The van der Waals surface area contributed by atoms with Gasteiger partial charge in [-0.1, -0.05) is 0 Å². The van der Waals surface area contributed by atoms with Gasteiger partial charge in [0.15, 0.2) is 0 Å². The van der Waals surface area contributed by atoms with E-state index in [9.17, 15) is 14.4 Å². The fourth-order valence-electron chi connectivity index (χ4n) is 1.93. The molecule has 112 valence electrons. The number of amides is 1. The number of hydrogen-bond acceptors (Lipinski definition) is 4. The number of carboxylic acids is 1. The minimum Gasteiger partial charge on any atom is -0.478 e. The molecule has 0 saturated heterocycles. The number of carboxylic acid groups (broad SMARTS) is 1. The summed E-state index contributed by atoms with van der Waals surface area (Å²) in [6.45, 7) is 0.524. The number of aromatic carboxylic acids is 1. The Hall–Kier alpha value is -2.61. The Balaban J connectivity index is 2.28. The molecule has 0 aliphatic heterocycles. The Morgan fingerprint density at radius 1 is 1.43 bits per heavy atom. The van der Waals surface area contributed by atoms with E-state index in [-0.39, 0.29) is 18.0 Å². The number of hydrogen-bond donors (Lipinski definition) is 3. The van der Waals surface area contributed by atoms with E-state index >= 15 is 0 Å². The number of benzene rings is 1. The van der Waals surface area contributed by atoms with Crippen LogP contribution in [-0.2, 0) is 16.1 Å². The topological polar surface area (TPSA) is 113 Å². The standard InChI is InChI=1S/C13H15N3O5/c1-21-5-4-14-11(17)7-16-10-6-8(12(18)19)2-3-9(10)15-13(16)20/h2-3,6H,4-5,7H2,1H3,(H,14,17)(H,15,20)(H,18,19). The molecule has 0 atom stereocenters. The first-order valence-electron chi connectivity index (χ1n) is 6.24. The number of aromatic amines is 1. The highest BCUT2D eigenvalue weighted by Gasteiger charge is 2.12. The molecule has 3 N–H and O–H groups in total. The first-order valence-corrected chi connectivity index (χ1v) is 6.24. The van der Waals surface area contributed by atoms with Crippen molar-refractivity contribution >= 4 is 22.9 Å².